The molecule has 0 saturated carbocycles. The van der Waals surface area contributed by atoms with Crippen molar-refractivity contribution in [3.63, 3.8) is 0 Å². The van der Waals surface area contributed by atoms with E-state index in [4.69, 9.17) is 9.72 Å². The molecule has 6 nitrogen and oxygen atoms in total. The lowest BCUT2D eigenvalue weighted by Crippen LogP contribution is -2.50. The fourth-order valence-corrected chi connectivity index (χ4v) is 4.32. The lowest BCUT2D eigenvalue weighted by molar-refractivity contribution is -0.121. The smallest absolute Gasteiger partial charge is 0.408 e. The maximum Gasteiger partial charge on any atom is 0.408 e. The lowest BCUT2D eigenvalue weighted by atomic mass is 10.0. The molecule has 0 fully saturated rings. The molecular weight excluding hydrogens is 465 g/mol. The van der Waals surface area contributed by atoms with Crippen LogP contribution in [0.4, 0.5) is 14.9 Å². The van der Waals surface area contributed by atoms with Gasteiger partial charge in [-0.3, -0.25) is 4.79 Å². The van der Waals surface area contributed by atoms with Crippen LogP contribution in [0, 0.1) is 11.7 Å². The Kier molecular flexibility index (Phi) is 8.62. The van der Waals surface area contributed by atoms with Crippen molar-refractivity contribution in [3.8, 4) is 10.6 Å². The van der Waals surface area contributed by atoms with Crippen LogP contribution in [-0.4, -0.2) is 28.6 Å². The number of ether oxygens (including phenoxy) is 1. The number of thiazole rings is 1. The van der Waals surface area contributed by atoms with Crippen molar-refractivity contribution in [3.05, 3.63) is 71.5 Å². The highest BCUT2D eigenvalue weighted by Crippen LogP contribution is 2.26. The number of carbonyl (C=O) groups excluding carboxylic acids is 2. The van der Waals surface area contributed by atoms with Crippen LogP contribution in [0.2, 0.25) is 0 Å². The van der Waals surface area contributed by atoms with Crippen LogP contribution in [0.5, 0.6) is 0 Å². The van der Waals surface area contributed by atoms with Gasteiger partial charge in [0.05, 0.1) is 12.2 Å². The van der Waals surface area contributed by atoms with Gasteiger partial charge in [-0.15, -0.1) is 11.3 Å². The summed E-state index contributed by atoms with van der Waals surface area (Å²) in [5.41, 5.74) is 1.52. The molecule has 3 rings (SSSR count). The van der Waals surface area contributed by atoms with E-state index in [2.05, 4.69) is 5.32 Å². The lowest BCUT2D eigenvalue weighted by Gasteiger charge is -2.29. The number of aromatic nitrogens is 1. The molecule has 2 aromatic carbocycles. The Labute approximate surface area is 210 Å². The number of alkyl carbamates (subject to hydrolysis) is 1. The number of benzene rings is 2. The van der Waals surface area contributed by atoms with Gasteiger partial charge in [0.25, 0.3) is 0 Å². The highest BCUT2D eigenvalue weighted by atomic mass is 32.1. The summed E-state index contributed by atoms with van der Waals surface area (Å²) in [6.45, 7) is 9.44. The minimum atomic E-state index is -0.817. The molecule has 0 saturated heterocycles. The molecule has 1 N–H and O–H groups in total. The van der Waals surface area contributed by atoms with E-state index in [0.717, 1.165) is 10.6 Å². The fraction of sp³-hybridized carbons (Fsp3) is 0.370. The summed E-state index contributed by atoms with van der Waals surface area (Å²) >= 11 is 1.49. The van der Waals surface area contributed by atoms with E-state index in [1.54, 1.807) is 32.9 Å². The molecule has 0 aliphatic carbocycles. The van der Waals surface area contributed by atoms with E-state index < -0.39 is 23.6 Å². The minimum Gasteiger partial charge on any atom is -0.444 e. The molecule has 0 bridgehead atoms. The Hall–Kier alpha value is -3.26. The molecule has 0 aliphatic rings. The average Bonchev–Trinajstić information content (AvgIpc) is 3.25. The van der Waals surface area contributed by atoms with E-state index in [0.29, 0.717) is 17.8 Å². The first kappa shape index (κ1) is 26.3. The first-order valence-electron chi connectivity index (χ1n) is 11.6. The van der Waals surface area contributed by atoms with Gasteiger partial charge in [0.1, 0.15) is 22.5 Å². The minimum absolute atomic E-state index is 0.137. The van der Waals surface area contributed by atoms with E-state index >= 15 is 0 Å². The Morgan fingerprint density at radius 3 is 2.34 bits per heavy atom. The van der Waals surface area contributed by atoms with Crippen LogP contribution >= 0.6 is 11.3 Å². The highest BCUT2D eigenvalue weighted by molar-refractivity contribution is 7.13. The van der Waals surface area contributed by atoms with Gasteiger partial charge < -0.3 is 15.0 Å². The Morgan fingerprint density at radius 1 is 1.09 bits per heavy atom. The highest BCUT2D eigenvalue weighted by Gasteiger charge is 2.30. The van der Waals surface area contributed by atoms with E-state index in [9.17, 15) is 14.0 Å². The van der Waals surface area contributed by atoms with Crippen molar-refractivity contribution in [2.24, 2.45) is 5.92 Å². The molecule has 2 amide bonds. The number of halogens is 1. The van der Waals surface area contributed by atoms with Gasteiger partial charge in [0.2, 0.25) is 5.91 Å². The summed E-state index contributed by atoms with van der Waals surface area (Å²) in [4.78, 5) is 32.5. The summed E-state index contributed by atoms with van der Waals surface area (Å²) in [6.07, 6.45) is -0.238. The third kappa shape index (κ3) is 7.89. The Bertz CT molecular complexity index is 1120. The summed E-state index contributed by atoms with van der Waals surface area (Å²) in [7, 11) is 0. The second-order valence-corrected chi connectivity index (χ2v) is 10.6. The zero-order chi connectivity index (χ0) is 25.6. The monoisotopic (exact) mass is 497 g/mol. The predicted octanol–water partition coefficient (Wildman–Crippen LogP) is 6.42. The van der Waals surface area contributed by atoms with Gasteiger partial charge >= 0.3 is 6.09 Å². The van der Waals surface area contributed by atoms with E-state index in [1.807, 2.05) is 49.6 Å². The SMILES string of the molecule is CC(C)C[C@@H](NC(=O)OC(C)(C)C)C(=O)N(Cc1csc(-c2ccccc2)n1)c1ccc(F)cc1. The van der Waals surface area contributed by atoms with Gasteiger partial charge in [0.15, 0.2) is 0 Å². The van der Waals surface area contributed by atoms with Gasteiger partial charge in [-0.25, -0.2) is 14.2 Å². The number of hydrogen-bond acceptors (Lipinski definition) is 5. The Balaban J connectivity index is 1.90. The van der Waals surface area contributed by atoms with E-state index in [1.165, 1.54) is 28.4 Å². The van der Waals surface area contributed by atoms with Crippen molar-refractivity contribution in [2.45, 2.75) is 59.2 Å². The number of anilines is 1. The van der Waals surface area contributed by atoms with Crippen molar-refractivity contribution < 1.29 is 18.7 Å². The molecule has 35 heavy (non-hydrogen) atoms. The topological polar surface area (TPSA) is 71.5 Å². The maximum atomic E-state index is 13.8. The first-order chi connectivity index (χ1) is 16.5. The molecule has 1 atom stereocenters. The summed E-state index contributed by atoms with van der Waals surface area (Å²) in [5, 5.41) is 5.49. The summed E-state index contributed by atoms with van der Waals surface area (Å²) in [5.74, 6) is -0.574. The standard InChI is InChI=1S/C27H32FN3O3S/c1-18(2)15-23(30-26(33)34-27(3,4)5)25(32)31(22-13-11-20(28)12-14-22)16-21-17-35-24(29-21)19-9-7-6-8-10-19/h6-14,17-18,23H,15-16H2,1-5H3,(H,30,33)/t23-/m1/s1. The molecule has 3 aromatic rings. The summed E-state index contributed by atoms with van der Waals surface area (Å²) < 4.78 is 19.0. The molecule has 0 radical (unpaired) electrons. The molecular formula is C27H32FN3O3S. The molecule has 0 aliphatic heterocycles. The third-order valence-corrected chi connectivity index (χ3v) is 5.93. The van der Waals surface area contributed by atoms with Crippen molar-refractivity contribution in [2.75, 3.05) is 4.90 Å². The Morgan fingerprint density at radius 2 is 1.74 bits per heavy atom. The number of nitrogens with one attached hydrogen (secondary N) is 1. The second kappa shape index (κ2) is 11.4. The third-order valence-electron chi connectivity index (χ3n) is 4.99. The number of carbonyl (C=O) groups is 2. The van der Waals surface area contributed by atoms with Crippen LogP contribution < -0.4 is 10.2 Å². The number of rotatable bonds is 8. The zero-order valence-corrected chi connectivity index (χ0v) is 21.6. The quantitative estimate of drug-likeness (QED) is 0.390. The van der Waals surface area contributed by atoms with Crippen LogP contribution in [-0.2, 0) is 16.1 Å². The second-order valence-electron chi connectivity index (χ2n) is 9.74. The van der Waals surface area contributed by atoms with Crippen LogP contribution in [0.25, 0.3) is 10.6 Å². The number of nitrogens with zero attached hydrogens (tertiary/aromatic N) is 2. The summed E-state index contributed by atoms with van der Waals surface area (Å²) in [6, 6.07) is 14.7. The zero-order valence-electron chi connectivity index (χ0n) is 20.7. The van der Waals surface area contributed by atoms with Crippen LogP contribution in [0.1, 0.15) is 46.7 Å². The number of amides is 2. The van der Waals surface area contributed by atoms with Crippen molar-refractivity contribution in [1.29, 1.82) is 0 Å². The fourth-order valence-electron chi connectivity index (χ4n) is 3.50. The maximum absolute atomic E-state index is 13.8. The normalized spacial score (nSPS) is 12.3. The number of hydrogen-bond donors (Lipinski definition) is 1. The largest absolute Gasteiger partial charge is 0.444 e. The van der Waals surface area contributed by atoms with Gasteiger partial charge in [0, 0.05) is 16.6 Å². The molecule has 0 spiro atoms. The van der Waals surface area contributed by atoms with Crippen molar-refractivity contribution in [1.82, 2.24) is 10.3 Å². The van der Waals surface area contributed by atoms with Gasteiger partial charge in [-0.2, -0.15) is 0 Å². The van der Waals surface area contributed by atoms with Crippen LogP contribution in [0.15, 0.2) is 60.0 Å². The molecule has 186 valence electrons. The van der Waals surface area contributed by atoms with Crippen LogP contribution in [0.3, 0.4) is 0 Å². The van der Waals surface area contributed by atoms with Gasteiger partial charge in [-0.05, 0) is 57.4 Å². The predicted molar refractivity (Wildman–Crippen MR) is 138 cm³/mol. The molecule has 0 unspecified atom stereocenters. The first-order valence-corrected chi connectivity index (χ1v) is 12.5. The van der Waals surface area contributed by atoms with Gasteiger partial charge in [-0.1, -0.05) is 44.2 Å². The molecule has 1 heterocycles. The average molecular weight is 498 g/mol. The van der Waals surface area contributed by atoms with E-state index in [-0.39, 0.29) is 18.4 Å². The van der Waals surface area contributed by atoms with Crippen molar-refractivity contribution >= 4 is 29.0 Å². The molecule has 8 heteroatoms. The molecule has 1 aromatic heterocycles.